The molecule has 0 unspecified atom stereocenters. The van der Waals surface area contributed by atoms with Gasteiger partial charge >= 0.3 is 26.7 Å². The number of alkyl halides is 3. The van der Waals surface area contributed by atoms with Gasteiger partial charge in [-0.15, -0.1) is 11.3 Å². The first kappa shape index (κ1) is 18.2. The molecule has 0 bridgehead atoms. The van der Waals surface area contributed by atoms with Crippen molar-refractivity contribution in [1.82, 2.24) is 0 Å². The minimum absolute atomic E-state index is 0.0472. The second-order valence-corrected chi connectivity index (χ2v) is 8.59. The van der Waals surface area contributed by atoms with Gasteiger partial charge in [0.05, 0.1) is 0 Å². The molecule has 116 valence electrons. The second-order valence-electron chi connectivity index (χ2n) is 3.41. The maximum absolute atomic E-state index is 10.7. The van der Waals surface area contributed by atoms with Gasteiger partial charge in [-0.2, -0.15) is 13.2 Å². The van der Waals surface area contributed by atoms with Gasteiger partial charge < -0.3 is 9.66 Å². The Morgan fingerprint density at radius 1 is 1.10 bits per heavy atom. The Balaban J connectivity index is 0.000000240. The van der Waals surface area contributed by atoms with Crippen molar-refractivity contribution in [2.24, 2.45) is 0 Å². The summed E-state index contributed by atoms with van der Waals surface area (Å²) >= 11 is 1.69. The van der Waals surface area contributed by atoms with Crippen LogP contribution >= 0.6 is 11.3 Å². The highest BCUT2D eigenvalue weighted by molar-refractivity contribution is 7.86. The van der Waals surface area contributed by atoms with Crippen LogP contribution in [0.2, 0.25) is 0 Å². The fraction of sp³-hybridized carbons (Fsp3) is 0.0909. The summed E-state index contributed by atoms with van der Waals surface area (Å²) in [7, 11) is -6.09. The van der Waals surface area contributed by atoms with Crippen LogP contribution in [0, 0.1) is 7.14 Å². The highest BCUT2D eigenvalue weighted by atomic mass is 127. The maximum atomic E-state index is 10.7. The Labute approximate surface area is 133 Å². The third kappa shape index (κ3) is 6.63. The van der Waals surface area contributed by atoms with E-state index in [1.165, 1.54) is 7.14 Å². The van der Waals surface area contributed by atoms with Crippen LogP contribution in [0.1, 0.15) is 0 Å². The Hall–Kier alpha value is -0.850. The average Bonchev–Trinajstić information content (AvgIpc) is 2.83. The minimum Gasteiger partial charge on any atom is -0.741 e. The highest BCUT2D eigenvalue weighted by Gasteiger charge is 2.36. The van der Waals surface area contributed by atoms with Gasteiger partial charge in [0.15, 0.2) is 13.7 Å². The molecule has 4 nitrogen and oxygen atoms in total. The molecule has 1 heterocycles. The summed E-state index contributed by atoms with van der Waals surface area (Å²) in [6.07, 6.45) is 0. The molecule has 0 amide bonds. The van der Waals surface area contributed by atoms with Crippen molar-refractivity contribution in [1.29, 1.82) is 0 Å². The van der Waals surface area contributed by atoms with Crippen molar-refractivity contribution in [2.75, 3.05) is 0 Å². The van der Waals surface area contributed by atoms with E-state index in [-0.39, 0.29) is 21.2 Å². The molecule has 0 aliphatic rings. The molecule has 0 aliphatic carbocycles. The molecule has 0 saturated heterocycles. The summed E-state index contributed by atoms with van der Waals surface area (Å²) in [5, 5.41) is 13.4. The molecule has 1 N–H and O–H groups in total. The van der Waals surface area contributed by atoms with Crippen LogP contribution in [0.4, 0.5) is 13.2 Å². The van der Waals surface area contributed by atoms with Crippen molar-refractivity contribution in [3.05, 3.63) is 48.2 Å². The van der Waals surface area contributed by atoms with Crippen LogP contribution < -0.4 is 21.2 Å². The number of hydrogen-bond acceptors (Lipinski definition) is 5. The van der Waals surface area contributed by atoms with Crippen LogP contribution in [-0.2, 0) is 10.1 Å². The van der Waals surface area contributed by atoms with Crippen molar-refractivity contribution >= 4 is 21.5 Å². The zero-order chi connectivity index (χ0) is 16.1. The predicted octanol–water partition coefficient (Wildman–Crippen LogP) is -0.366. The van der Waals surface area contributed by atoms with Crippen LogP contribution in [0.15, 0.2) is 41.1 Å². The van der Waals surface area contributed by atoms with E-state index in [0.29, 0.717) is 5.75 Å². The summed E-state index contributed by atoms with van der Waals surface area (Å²) in [6.45, 7) is 0. The molecule has 21 heavy (non-hydrogen) atoms. The van der Waals surface area contributed by atoms with E-state index in [9.17, 15) is 13.2 Å². The van der Waals surface area contributed by atoms with E-state index >= 15 is 0 Å². The van der Waals surface area contributed by atoms with Gasteiger partial charge in [0.25, 0.3) is 0 Å². The fourth-order valence-electron chi connectivity index (χ4n) is 0.932. The van der Waals surface area contributed by atoms with E-state index < -0.39 is 15.6 Å². The van der Waals surface area contributed by atoms with E-state index in [1.807, 2.05) is 12.1 Å². The average molecular weight is 452 g/mol. The smallest absolute Gasteiger partial charge is 0.485 e. The number of thiophene rings is 1. The van der Waals surface area contributed by atoms with Crippen LogP contribution in [-0.4, -0.2) is 23.6 Å². The SMILES string of the molecule is O=S(=O)([O-])C(F)(F)F.Oc1ccc([I+]c2ccsc2)cc1. The number of phenolic OH excluding ortho intramolecular Hbond substituents is 1. The molecule has 2 rings (SSSR count). The van der Waals surface area contributed by atoms with Crippen molar-refractivity contribution in [3.63, 3.8) is 0 Å². The molecule has 1 aromatic carbocycles. The third-order valence-corrected chi connectivity index (χ3v) is 6.12. The number of aromatic hydroxyl groups is 1. The zero-order valence-corrected chi connectivity index (χ0v) is 13.8. The summed E-state index contributed by atoms with van der Waals surface area (Å²) in [5.74, 6) is 0.345. The van der Waals surface area contributed by atoms with Gasteiger partial charge in [-0.1, -0.05) is 0 Å². The molecular formula is C11H8F3IO4S2. The number of halogens is 4. The monoisotopic (exact) mass is 452 g/mol. The van der Waals surface area contributed by atoms with Gasteiger partial charge in [0.2, 0.25) is 3.57 Å². The molecule has 0 aliphatic heterocycles. The third-order valence-electron chi connectivity index (χ3n) is 1.81. The molecule has 0 atom stereocenters. The van der Waals surface area contributed by atoms with Crippen LogP contribution in [0.3, 0.4) is 0 Å². The quantitative estimate of drug-likeness (QED) is 0.384. The minimum atomic E-state index is -6.09. The van der Waals surface area contributed by atoms with Crippen molar-refractivity contribution in [2.45, 2.75) is 5.51 Å². The Kier molecular flexibility index (Phi) is 6.43. The topological polar surface area (TPSA) is 77.4 Å². The van der Waals surface area contributed by atoms with Crippen LogP contribution in [0.25, 0.3) is 0 Å². The van der Waals surface area contributed by atoms with Gasteiger partial charge in [0, 0.05) is 11.4 Å². The first-order valence-corrected chi connectivity index (χ1v) is 9.58. The molecule has 0 spiro atoms. The van der Waals surface area contributed by atoms with E-state index in [2.05, 4.69) is 16.8 Å². The Morgan fingerprint density at radius 2 is 1.62 bits per heavy atom. The fourth-order valence-corrected chi connectivity index (χ4v) is 4.35. The van der Waals surface area contributed by atoms with Crippen LogP contribution in [0.5, 0.6) is 5.75 Å². The van der Waals surface area contributed by atoms with E-state index in [4.69, 9.17) is 18.1 Å². The van der Waals surface area contributed by atoms with Crippen molar-refractivity contribution in [3.8, 4) is 5.75 Å². The lowest BCUT2D eigenvalue weighted by Crippen LogP contribution is -3.61. The normalized spacial score (nSPS) is 11.6. The first-order chi connectivity index (χ1) is 9.59. The molecule has 10 heteroatoms. The predicted molar refractivity (Wildman–Crippen MR) is 65.6 cm³/mol. The largest absolute Gasteiger partial charge is 0.741 e. The number of phenols is 1. The number of benzene rings is 1. The van der Waals surface area contributed by atoms with Gasteiger partial charge in [-0.3, -0.25) is 0 Å². The van der Waals surface area contributed by atoms with Gasteiger partial charge in [-0.05, 0) is 29.6 Å². The summed E-state index contributed by atoms with van der Waals surface area (Å²) < 4.78 is 61.7. The highest BCUT2D eigenvalue weighted by Crippen LogP contribution is 2.20. The lowest BCUT2D eigenvalue weighted by atomic mass is 10.3. The number of hydrogen-bond donors (Lipinski definition) is 1. The lowest BCUT2D eigenvalue weighted by molar-refractivity contribution is -0.597. The van der Waals surface area contributed by atoms with Crippen molar-refractivity contribution < 1.29 is 52.5 Å². The molecular weight excluding hydrogens is 444 g/mol. The van der Waals surface area contributed by atoms with E-state index in [0.717, 1.165) is 0 Å². The Morgan fingerprint density at radius 3 is 2.00 bits per heavy atom. The maximum Gasteiger partial charge on any atom is 0.485 e. The second kappa shape index (κ2) is 7.42. The molecule has 0 radical (unpaired) electrons. The standard InChI is InChI=1S/C10H7IOS.CHF3O3S/c12-10-3-1-8(2-4-10)11-9-5-6-13-7-9;2-1(3,4)8(5,6)7/h1-7H;(H,5,6,7). The summed E-state index contributed by atoms with van der Waals surface area (Å²) in [6, 6.07) is 9.67. The summed E-state index contributed by atoms with van der Waals surface area (Å²) in [4.78, 5) is 0. The van der Waals surface area contributed by atoms with E-state index in [1.54, 1.807) is 23.5 Å². The zero-order valence-electron chi connectivity index (χ0n) is 10.0. The molecule has 0 saturated carbocycles. The van der Waals surface area contributed by atoms with Gasteiger partial charge in [0.1, 0.15) is 5.75 Å². The first-order valence-electron chi connectivity index (χ1n) is 5.08. The lowest BCUT2D eigenvalue weighted by Gasteiger charge is -2.08. The number of rotatable bonds is 2. The molecule has 0 fully saturated rings. The molecule has 1 aromatic heterocycles. The summed E-state index contributed by atoms with van der Waals surface area (Å²) in [5.41, 5.74) is -5.65. The Bertz CT molecular complexity index is 652. The molecule has 2 aromatic rings. The van der Waals surface area contributed by atoms with Gasteiger partial charge in [-0.25, -0.2) is 8.42 Å².